The molecule has 104 valence electrons. The highest BCUT2D eigenvalue weighted by molar-refractivity contribution is 6.30. The maximum Gasteiger partial charge on any atom is 0.0604 e. The first-order chi connectivity index (χ1) is 9.24. The highest BCUT2D eigenvalue weighted by Crippen LogP contribution is 2.38. The second-order valence-electron chi connectivity index (χ2n) is 5.83. The van der Waals surface area contributed by atoms with E-state index in [1.165, 1.54) is 31.2 Å². The SMILES string of the molecule is CCOC1CC(NC2CC(c3ccc(Cl)cc3)C2)C1. The Hall–Kier alpha value is -0.570. The summed E-state index contributed by atoms with van der Waals surface area (Å²) in [7, 11) is 0. The average Bonchev–Trinajstić information content (AvgIpc) is 2.31. The second kappa shape index (κ2) is 5.82. The van der Waals surface area contributed by atoms with Crippen LogP contribution in [0.3, 0.4) is 0 Å². The van der Waals surface area contributed by atoms with Crippen LogP contribution in [0.2, 0.25) is 5.02 Å². The molecule has 2 aliphatic rings. The molecule has 0 saturated heterocycles. The highest BCUT2D eigenvalue weighted by atomic mass is 35.5. The maximum atomic E-state index is 5.92. The van der Waals surface area contributed by atoms with Gasteiger partial charge in [-0.3, -0.25) is 0 Å². The highest BCUT2D eigenvalue weighted by Gasteiger charge is 2.36. The summed E-state index contributed by atoms with van der Waals surface area (Å²) in [4.78, 5) is 0. The van der Waals surface area contributed by atoms with E-state index < -0.39 is 0 Å². The Labute approximate surface area is 120 Å². The van der Waals surface area contributed by atoms with Gasteiger partial charge in [-0.15, -0.1) is 0 Å². The van der Waals surface area contributed by atoms with E-state index in [4.69, 9.17) is 16.3 Å². The summed E-state index contributed by atoms with van der Waals surface area (Å²) >= 11 is 5.92. The molecule has 19 heavy (non-hydrogen) atoms. The van der Waals surface area contributed by atoms with Gasteiger partial charge >= 0.3 is 0 Å². The lowest BCUT2D eigenvalue weighted by atomic mass is 9.74. The number of hydrogen-bond acceptors (Lipinski definition) is 2. The Bertz CT molecular complexity index is 407. The van der Waals surface area contributed by atoms with Gasteiger partial charge in [-0.05, 0) is 56.2 Å². The Morgan fingerprint density at radius 2 is 1.74 bits per heavy atom. The van der Waals surface area contributed by atoms with E-state index >= 15 is 0 Å². The largest absolute Gasteiger partial charge is 0.378 e. The third kappa shape index (κ3) is 3.13. The fourth-order valence-corrected chi connectivity index (χ4v) is 3.29. The van der Waals surface area contributed by atoms with E-state index in [1.807, 2.05) is 12.1 Å². The standard InChI is InChI=1S/C16H22ClNO/c1-2-19-16-9-15(10-16)18-14-7-12(8-14)11-3-5-13(17)6-4-11/h3-6,12,14-16,18H,2,7-10H2,1H3. The Morgan fingerprint density at radius 1 is 1.11 bits per heavy atom. The molecular weight excluding hydrogens is 258 g/mol. The first kappa shape index (κ1) is 13.4. The van der Waals surface area contributed by atoms with Gasteiger partial charge in [0.15, 0.2) is 0 Å². The van der Waals surface area contributed by atoms with Crippen LogP contribution in [-0.2, 0) is 4.74 Å². The molecule has 0 aliphatic heterocycles. The van der Waals surface area contributed by atoms with Crippen LogP contribution in [0.5, 0.6) is 0 Å². The number of hydrogen-bond donors (Lipinski definition) is 1. The zero-order valence-electron chi connectivity index (χ0n) is 11.4. The summed E-state index contributed by atoms with van der Waals surface area (Å²) in [5, 5.41) is 4.57. The molecular formula is C16H22ClNO. The van der Waals surface area contributed by atoms with Gasteiger partial charge in [0.25, 0.3) is 0 Å². The van der Waals surface area contributed by atoms with E-state index in [0.29, 0.717) is 18.2 Å². The predicted molar refractivity (Wildman–Crippen MR) is 78.8 cm³/mol. The van der Waals surface area contributed by atoms with Crippen molar-refractivity contribution >= 4 is 11.6 Å². The van der Waals surface area contributed by atoms with Crippen molar-refractivity contribution in [3.8, 4) is 0 Å². The summed E-state index contributed by atoms with van der Waals surface area (Å²) in [6.07, 6.45) is 5.41. The monoisotopic (exact) mass is 279 g/mol. The number of ether oxygens (including phenoxy) is 1. The van der Waals surface area contributed by atoms with Crippen molar-refractivity contribution in [2.24, 2.45) is 0 Å². The molecule has 0 amide bonds. The summed E-state index contributed by atoms with van der Waals surface area (Å²) < 4.78 is 5.59. The van der Waals surface area contributed by atoms with Crippen molar-refractivity contribution in [1.82, 2.24) is 5.32 Å². The Balaban J connectivity index is 1.38. The van der Waals surface area contributed by atoms with Crippen molar-refractivity contribution in [1.29, 1.82) is 0 Å². The third-order valence-corrected chi connectivity index (χ3v) is 4.70. The second-order valence-corrected chi connectivity index (χ2v) is 6.27. The summed E-state index contributed by atoms with van der Waals surface area (Å²) in [6.45, 7) is 2.92. The average molecular weight is 280 g/mol. The Morgan fingerprint density at radius 3 is 2.37 bits per heavy atom. The molecule has 2 saturated carbocycles. The number of benzene rings is 1. The van der Waals surface area contributed by atoms with E-state index in [2.05, 4.69) is 24.4 Å². The minimum atomic E-state index is 0.509. The van der Waals surface area contributed by atoms with E-state index in [9.17, 15) is 0 Å². The van der Waals surface area contributed by atoms with Crippen LogP contribution in [0.4, 0.5) is 0 Å². The minimum absolute atomic E-state index is 0.509. The molecule has 0 aromatic heterocycles. The third-order valence-electron chi connectivity index (χ3n) is 4.45. The fourth-order valence-electron chi connectivity index (χ4n) is 3.17. The fraction of sp³-hybridized carbons (Fsp3) is 0.625. The van der Waals surface area contributed by atoms with Gasteiger partial charge in [0, 0.05) is 23.7 Å². The molecule has 2 nitrogen and oxygen atoms in total. The molecule has 0 spiro atoms. The van der Waals surface area contributed by atoms with Gasteiger partial charge in [-0.1, -0.05) is 23.7 Å². The molecule has 0 bridgehead atoms. The molecule has 3 heteroatoms. The number of halogens is 1. The first-order valence-corrected chi connectivity index (χ1v) is 7.75. The number of rotatable bonds is 5. The van der Waals surface area contributed by atoms with Gasteiger partial charge in [0.2, 0.25) is 0 Å². The normalized spacial score (nSPS) is 33.6. The van der Waals surface area contributed by atoms with E-state index in [-0.39, 0.29) is 0 Å². The lowest BCUT2D eigenvalue weighted by Gasteiger charge is -2.43. The zero-order valence-corrected chi connectivity index (χ0v) is 12.2. The molecule has 3 rings (SSSR count). The van der Waals surface area contributed by atoms with Crippen molar-refractivity contribution in [2.75, 3.05) is 6.61 Å². The van der Waals surface area contributed by atoms with Crippen molar-refractivity contribution < 1.29 is 4.74 Å². The van der Waals surface area contributed by atoms with Crippen LogP contribution in [0.25, 0.3) is 0 Å². The van der Waals surface area contributed by atoms with Gasteiger partial charge in [0.1, 0.15) is 0 Å². The zero-order chi connectivity index (χ0) is 13.2. The lowest BCUT2D eigenvalue weighted by Crippen LogP contribution is -2.52. The molecule has 0 radical (unpaired) electrons. The molecule has 2 fully saturated rings. The van der Waals surface area contributed by atoms with Gasteiger partial charge in [0.05, 0.1) is 6.10 Å². The molecule has 0 unspecified atom stereocenters. The number of nitrogens with one attached hydrogen (secondary N) is 1. The van der Waals surface area contributed by atoms with Crippen LogP contribution in [0.15, 0.2) is 24.3 Å². The van der Waals surface area contributed by atoms with Crippen molar-refractivity contribution in [2.45, 2.75) is 56.7 Å². The molecule has 1 aromatic carbocycles. The molecule has 0 atom stereocenters. The lowest BCUT2D eigenvalue weighted by molar-refractivity contribution is -0.0154. The van der Waals surface area contributed by atoms with Gasteiger partial charge in [-0.25, -0.2) is 0 Å². The summed E-state index contributed by atoms with van der Waals surface area (Å²) in [5.74, 6) is 0.720. The maximum absolute atomic E-state index is 5.92. The first-order valence-electron chi connectivity index (χ1n) is 7.37. The van der Waals surface area contributed by atoms with Crippen LogP contribution in [0, 0.1) is 0 Å². The molecule has 0 heterocycles. The predicted octanol–water partition coefficient (Wildman–Crippen LogP) is 3.74. The molecule has 2 aliphatic carbocycles. The summed E-state index contributed by atoms with van der Waals surface area (Å²) in [5.41, 5.74) is 1.43. The van der Waals surface area contributed by atoms with Crippen molar-refractivity contribution in [3.05, 3.63) is 34.9 Å². The van der Waals surface area contributed by atoms with Gasteiger partial charge < -0.3 is 10.1 Å². The van der Waals surface area contributed by atoms with Crippen LogP contribution in [0.1, 0.15) is 44.1 Å². The Kier molecular flexibility index (Phi) is 4.11. The molecule has 1 aromatic rings. The van der Waals surface area contributed by atoms with Crippen molar-refractivity contribution in [3.63, 3.8) is 0 Å². The van der Waals surface area contributed by atoms with Gasteiger partial charge in [-0.2, -0.15) is 0 Å². The summed E-state index contributed by atoms with van der Waals surface area (Å²) in [6, 6.07) is 9.71. The smallest absolute Gasteiger partial charge is 0.0604 e. The van der Waals surface area contributed by atoms with Crippen LogP contribution in [-0.4, -0.2) is 24.8 Å². The quantitative estimate of drug-likeness (QED) is 0.886. The minimum Gasteiger partial charge on any atom is -0.378 e. The van der Waals surface area contributed by atoms with Crippen LogP contribution >= 0.6 is 11.6 Å². The molecule has 1 N–H and O–H groups in total. The van der Waals surface area contributed by atoms with Crippen LogP contribution < -0.4 is 5.32 Å². The van der Waals surface area contributed by atoms with E-state index in [0.717, 1.165) is 17.5 Å². The van der Waals surface area contributed by atoms with E-state index in [1.54, 1.807) is 0 Å². The topological polar surface area (TPSA) is 21.3 Å².